The Bertz CT molecular complexity index is 229. The molecule has 15 heavy (non-hydrogen) atoms. The lowest BCUT2D eigenvalue weighted by Crippen LogP contribution is -2.35. The highest BCUT2D eigenvalue weighted by molar-refractivity contribution is 5.81. The average molecular weight is 212 g/mol. The van der Waals surface area contributed by atoms with Crippen LogP contribution in [0.3, 0.4) is 0 Å². The van der Waals surface area contributed by atoms with Crippen molar-refractivity contribution in [3.05, 3.63) is 12.7 Å². The fourth-order valence-corrected chi connectivity index (χ4v) is 2.23. The van der Waals surface area contributed by atoms with Gasteiger partial charge >= 0.3 is 5.97 Å². The molecule has 0 amide bonds. The standard InChI is InChI=1S/C12H20O3/c1-4-11(13)15-12(7-5-6-8-12)9-10(2)14-3/h4,10H,1,5-9H2,2-3H3. The molecule has 0 heterocycles. The van der Waals surface area contributed by atoms with E-state index < -0.39 is 0 Å². The van der Waals surface area contributed by atoms with Crippen LogP contribution in [0.25, 0.3) is 0 Å². The number of ether oxygens (including phenoxy) is 2. The number of hydrogen-bond donors (Lipinski definition) is 0. The summed E-state index contributed by atoms with van der Waals surface area (Å²) in [5, 5.41) is 0. The Morgan fingerprint density at radius 3 is 2.60 bits per heavy atom. The van der Waals surface area contributed by atoms with E-state index in [2.05, 4.69) is 6.58 Å². The number of methoxy groups -OCH3 is 1. The van der Waals surface area contributed by atoms with Gasteiger partial charge in [-0.25, -0.2) is 4.79 Å². The molecule has 1 aliphatic carbocycles. The second kappa shape index (κ2) is 5.31. The van der Waals surface area contributed by atoms with E-state index >= 15 is 0 Å². The maximum absolute atomic E-state index is 11.3. The minimum absolute atomic E-state index is 0.126. The van der Waals surface area contributed by atoms with E-state index in [-0.39, 0.29) is 17.7 Å². The maximum atomic E-state index is 11.3. The quantitative estimate of drug-likeness (QED) is 0.518. The highest BCUT2D eigenvalue weighted by Crippen LogP contribution is 2.37. The smallest absolute Gasteiger partial charge is 0.330 e. The van der Waals surface area contributed by atoms with Crippen molar-refractivity contribution in [1.82, 2.24) is 0 Å². The minimum atomic E-state index is -0.319. The predicted molar refractivity (Wildman–Crippen MR) is 58.6 cm³/mol. The molecule has 0 aromatic rings. The molecule has 86 valence electrons. The molecular weight excluding hydrogens is 192 g/mol. The highest BCUT2D eigenvalue weighted by Gasteiger charge is 2.38. The zero-order valence-corrected chi connectivity index (χ0v) is 9.62. The first-order valence-electron chi connectivity index (χ1n) is 5.50. The Kier molecular flexibility index (Phi) is 4.33. The Hall–Kier alpha value is -0.830. The van der Waals surface area contributed by atoms with Crippen LogP contribution in [0.15, 0.2) is 12.7 Å². The van der Waals surface area contributed by atoms with E-state index in [1.165, 1.54) is 6.08 Å². The zero-order chi connectivity index (χ0) is 11.3. The monoisotopic (exact) mass is 212 g/mol. The first kappa shape index (κ1) is 12.2. The van der Waals surface area contributed by atoms with Crippen LogP contribution in [0, 0.1) is 0 Å². The van der Waals surface area contributed by atoms with Gasteiger partial charge in [-0.3, -0.25) is 0 Å². The predicted octanol–water partition coefficient (Wildman–Crippen LogP) is 2.45. The summed E-state index contributed by atoms with van der Waals surface area (Å²) in [6, 6.07) is 0. The number of rotatable bonds is 5. The third-order valence-electron chi connectivity index (χ3n) is 3.06. The molecule has 3 nitrogen and oxygen atoms in total. The van der Waals surface area contributed by atoms with E-state index in [0.29, 0.717) is 0 Å². The van der Waals surface area contributed by atoms with Crippen molar-refractivity contribution in [2.24, 2.45) is 0 Å². The van der Waals surface area contributed by atoms with Gasteiger partial charge in [-0.15, -0.1) is 0 Å². The van der Waals surface area contributed by atoms with Gasteiger partial charge in [-0.1, -0.05) is 6.58 Å². The average Bonchev–Trinajstić information content (AvgIpc) is 2.66. The molecule has 1 aliphatic rings. The van der Waals surface area contributed by atoms with Crippen LogP contribution in [0.2, 0.25) is 0 Å². The molecule has 1 atom stereocenters. The normalized spacial score (nSPS) is 20.9. The first-order chi connectivity index (χ1) is 7.12. The summed E-state index contributed by atoms with van der Waals surface area (Å²) in [6.07, 6.45) is 6.28. The maximum Gasteiger partial charge on any atom is 0.330 e. The minimum Gasteiger partial charge on any atom is -0.456 e. The zero-order valence-electron chi connectivity index (χ0n) is 9.62. The van der Waals surface area contributed by atoms with Gasteiger partial charge in [0.2, 0.25) is 0 Å². The molecule has 0 N–H and O–H groups in total. The van der Waals surface area contributed by atoms with Crippen molar-refractivity contribution in [3.63, 3.8) is 0 Å². The molecule has 0 saturated heterocycles. The van der Waals surface area contributed by atoms with Crippen LogP contribution >= 0.6 is 0 Å². The van der Waals surface area contributed by atoms with Crippen molar-refractivity contribution in [3.8, 4) is 0 Å². The van der Waals surface area contributed by atoms with Gasteiger partial charge in [0.15, 0.2) is 0 Å². The van der Waals surface area contributed by atoms with Gasteiger partial charge in [0.25, 0.3) is 0 Å². The molecule has 0 aliphatic heterocycles. The van der Waals surface area contributed by atoms with Crippen LogP contribution in [0.5, 0.6) is 0 Å². The van der Waals surface area contributed by atoms with Gasteiger partial charge in [-0.2, -0.15) is 0 Å². The van der Waals surface area contributed by atoms with E-state index in [1.54, 1.807) is 7.11 Å². The van der Waals surface area contributed by atoms with Crippen LogP contribution in [0.4, 0.5) is 0 Å². The van der Waals surface area contributed by atoms with Crippen molar-refractivity contribution < 1.29 is 14.3 Å². The summed E-state index contributed by atoms with van der Waals surface area (Å²) >= 11 is 0. The van der Waals surface area contributed by atoms with Gasteiger partial charge < -0.3 is 9.47 Å². The molecule has 0 aromatic carbocycles. The van der Waals surface area contributed by atoms with Crippen molar-refractivity contribution in [1.29, 1.82) is 0 Å². The van der Waals surface area contributed by atoms with Crippen LogP contribution in [0.1, 0.15) is 39.0 Å². The lowest BCUT2D eigenvalue weighted by atomic mass is 9.94. The molecule has 3 heteroatoms. The fourth-order valence-electron chi connectivity index (χ4n) is 2.23. The van der Waals surface area contributed by atoms with Crippen molar-refractivity contribution in [2.45, 2.75) is 50.7 Å². The number of esters is 1. The third-order valence-corrected chi connectivity index (χ3v) is 3.06. The van der Waals surface area contributed by atoms with Gasteiger partial charge in [0.1, 0.15) is 5.60 Å². The number of carbonyl (C=O) groups excluding carboxylic acids is 1. The fraction of sp³-hybridized carbons (Fsp3) is 0.750. The van der Waals surface area contributed by atoms with Crippen LogP contribution in [-0.2, 0) is 14.3 Å². The van der Waals surface area contributed by atoms with Crippen LogP contribution in [-0.4, -0.2) is 24.8 Å². The van der Waals surface area contributed by atoms with Crippen molar-refractivity contribution in [2.75, 3.05) is 7.11 Å². The summed E-state index contributed by atoms with van der Waals surface area (Å²) in [5.74, 6) is -0.319. The summed E-state index contributed by atoms with van der Waals surface area (Å²) < 4.78 is 10.7. The molecule has 1 unspecified atom stereocenters. The molecule has 0 radical (unpaired) electrons. The molecule has 1 fully saturated rings. The molecule has 0 bridgehead atoms. The molecule has 1 rings (SSSR count). The van der Waals surface area contributed by atoms with Gasteiger partial charge in [0, 0.05) is 19.6 Å². The summed E-state index contributed by atoms with van der Waals surface area (Å²) in [5.41, 5.74) is -0.305. The Morgan fingerprint density at radius 1 is 1.53 bits per heavy atom. The first-order valence-corrected chi connectivity index (χ1v) is 5.50. The second-order valence-corrected chi connectivity index (χ2v) is 4.27. The molecule has 1 saturated carbocycles. The van der Waals surface area contributed by atoms with E-state index in [4.69, 9.17) is 9.47 Å². The Morgan fingerprint density at radius 2 is 2.13 bits per heavy atom. The highest BCUT2D eigenvalue weighted by atomic mass is 16.6. The largest absolute Gasteiger partial charge is 0.456 e. The lowest BCUT2D eigenvalue weighted by Gasteiger charge is -2.30. The Balaban J connectivity index is 2.61. The van der Waals surface area contributed by atoms with E-state index in [0.717, 1.165) is 32.1 Å². The van der Waals surface area contributed by atoms with E-state index in [1.807, 2.05) is 6.92 Å². The molecule has 0 spiro atoms. The number of hydrogen-bond acceptors (Lipinski definition) is 3. The topological polar surface area (TPSA) is 35.5 Å². The molecular formula is C12H20O3. The SMILES string of the molecule is C=CC(=O)OC1(CC(C)OC)CCCC1. The van der Waals surface area contributed by atoms with Gasteiger partial charge in [-0.05, 0) is 32.6 Å². The number of carbonyl (C=O) groups is 1. The van der Waals surface area contributed by atoms with Gasteiger partial charge in [0.05, 0.1) is 6.10 Å². The lowest BCUT2D eigenvalue weighted by molar-refractivity contribution is -0.156. The molecule has 0 aromatic heterocycles. The van der Waals surface area contributed by atoms with Crippen molar-refractivity contribution >= 4 is 5.97 Å². The summed E-state index contributed by atoms with van der Waals surface area (Å²) in [6.45, 7) is 5.43. The Labute approximate surface area is 91.4 Å². The second-order valence-electron chi connectivity index (χ2n) is 4.27. The van der Waals surface area contributed by atoms with E-state index in [9.17, 15) is 4.79 Å². The summed E-state index contributed by atoms with van der Waals surface area (Å²) in [4.78, 5) is 11.3. The summed E-state index contributed by atoms with van der Waals surface area (Å²) in [7, 11) is 1.68. The van der Waals surface area contributed by atoms with Crippen LogP contribution < -0.4 is 0 Å². The third kappa shape index (κ3) is 3.34.